The van der Waals surface area contributed by atoms with Crippen LogP contribution in [-0.2, 0) is 9.59 Å². The number of hydrogen-bond donors (Lipinski definition) is 3. The molecule has 1 aliphatic carbocycles. The number of nitrogens with one attached hydrogen (secondary N) is 1. The van der Waals surface area contributed by atoms with Crippen molar-refractivity contribution < 1.29 is 14.7 Å². The molecule has 0 aliphatic heterocycles. The van der Waals surface area contributed by atoms with Crippen LogP contribution in [0.3, 0.4) is 0 Å². The largest absolute Gasteiger partial charge is 0.480 e. The molecule has 1 aliphatic rings. The molecule has 0 bridgehead atoms. The van der Waals surface area contributed by atoms with Crippen molar-refractivity contribution in [3.8, 4) is 0 Å². The van der Waals surface area contributed by atoms with E-state index in [1.807, 2.05) is 0 Å². The normalized spacial score (nSPS) is 20.9. The van der Waals surface area contributed by atoms with Gasteiger partial charge in [0.15, 0.2) is 0 Å². The lowest BCUT2D eigenvalue weighted by Crippen LogP contribution is -2.54. The Bertz CT molecular complexity index is 261. The predicted octanol–water partition coefficient (Wildman–Crippen LogP) is 1.07. The molecule has 86 valence electrons. The van der Waals surface area contributed by atoms with Crippen LogP contribution < -0.4 is 5.32 Å². The summed E-state index contributed by atoms with van der Waals surface area (Å²) in [6, 6.07) is 0. The molecule has 1 rings (SSSR count). The summed E-state index contributed by atoms with van der Waals surface area (Å²) in [5.74, 6) is -0.944. The van der Waals surface area contributed by atoms with E-state index in [0.29, 0.717) is 18.6 Å². The molecule has 1 atom stereocenters. The lowest BCUT2D eigenvalue weighted by atomic mass is 9.97. The fourth-order valence-electron chi connectivity index (χ4n) is 1.81. The lowest BCUT2D eigenvalue weighted by Gasteiger charge is -2.26. The van der Waals surface area contributed by atoms with E-state index < -0.39 is 11.5 Å². The Labute approximate surface area is 94.8 Å². The van der Waals surface area contributed by atoms with Gasteiger partial charge in [0.1, 0.15) is 5.54 Å². The van der Waals surface area contributed by atoms with Crippen molar-refractivity contribution >= 4 is 24.5 Å². The van der Waals surface area contributed by atoms with Crippen LogP contribution in [0.1, 0.15) is 32.6 Å². The van der Waals surface area contributed by atoms with Crippen molar-refractivity contribution in [2.45, 2.75) is 38.1 Å². The standard InChI is InChI=1S/C10H17NO3S/c1-7(6-15)8(12)11-10(9(13)14)4-2-3-5-10/h7,15H,2-6H2,1H3,(H,11,12)(H,13,14). The van der Waals surface area contributed by atoms with Crippen LogP contribution in [0, 0.1) is 5.92 Å². The van der Waals surface area contributed by atoms with Gasteiger partial charge in [0.05, 0.1) is 0 Å². The van der Waals surface area contributed by atoms with Crippen molar-refractivity contribution in [3.63, 3.8) is 0 Å². The third kappa shape index (κ3) is 2.65. The number of carbonyl (C=O) groups excluding carboxylic acids is 1. The molecule has 4 nitrogen and oxygen atoms in total. The molecule has 1 saturated carbocycles. The number of carboxylic acid groups (broad SMARTS) is 1. The summed E-state index contributed by atoms with van der Waals surface area (Å²) in [5, 5.41) is 11.8. The first-order valence-electron chi connectivity index (χ1n) is 5.18. The Balaban J connectivity index is 2.67. The molecule has 0 heterocycles. The highest BCUT2D eigenvalue weighted by molar-refractivity contribution is 7.80. The molecule has 5 heteroatoms. The van der Waals surface area contributed by atoms with Gasteiger partial charge in [-0.05, 0) is 12.8 Å². The molecule has 0 aromatic carbocycles. The van der Waals surface area contributed by atoms with Crippen LogP contribution in [-0.4, -0.2) is 28.3 Å². The molecule has 15 heavy (non-hydrogen) atoms. The van der Waals surface area contributed by atoms with Gasteiger partial charge in [0, 0.05) is 11.7 Å². The summed E-state index contributed by atoms with van der Waals surface area (Å²) in [7, 11) is 0. The van der Waals surface area contributed by atoms with Crippen LogP contribution >= 0.6 is 12.6 Å². The first kappa shape index (κ1) is 12.4. The molecule has 0 aromatic heterocycles. The van der Waals surface area contributed by atoms with Gasteiger partial charge in [-0.25, -0.2) is 4.79 Å². The van der Waals surface area contributed by atoms with Crippen molar-refractivity contribution in [2.24, 2.45) is 5.92 Å². The molecular formula is C10H17NO3S. The Hall–Kier alpha value is -0.710. The molecule has 1 amide bonds. The highest BCUT2D eigenvalue weighted by Gasteiger charge is 2.42. The summed E-state index contributed by atoms with van der Waals surface area (Å²) in [4.78, 5) is 22.8. The molecule has 0 spiro atoms. The molecule has 1 unspecified atom stereocenters. The van der Waals surface area contributed by atoms with Crippen molar-refractivity contribution in [1.29, 1.82) is 0 Å². The fraction of sp³-hybridized carbons (Fsp3) is 0.800. The lowest BCUT2D eigenvalue weighted by molar-refractivity contribution is -0.147. The zero-order valence-corrected chi connectivity index (χ0v) is 9.72. The second kappa shape index (κ2) is 4.88. The maximum absolute atomic E-state index is 11.6. The van der Waals surface area contributed by atoms with Crippen molar-refractivity contribution in [2.75, 3.05) is 5.75 Å². The number of thiol groups is 1. The third-order valence-corrected chi connectivity index (χ3v) is 3.50. The van der Waals surface area contributed by atoms with E-state index in [1.54, 1.807) is 6.92 Å². The third-order valence-electron chi connectivity index (χ3n) is 2.95. The number of rotatable bonds is 4. The number of hydrogen-bond acceptors (Lipinski definition) is 3. The van der Waals surface area contributed by atoms with Crippen LogP contribution in [0.15, 0.2) is 0 Å². The van der Waals surface area contributed by atoms with E-state index in [2.05, 4.69) is 17.9 Å². The van der Waals surface area contributed by atoms with Gasteiger partial charge in [-0.2, -0.15) is 12.6 Å². The number of amides is 1. The summed E-state index contributed by atoms with van der Waals surface area (Å²) in [6.45, 7) is 1.74. The first-order chi connectivity index (χ1) is 7.02. The topological polar surface area (TPSA) is 66.4 Å². The first-order valence-corrected chi connectivity index (χ1v) is 5.81. The quantitative estimate of drug-likeness (QED) is 0.634. The zero-order valence-electron chi connectivity index (χ0n) is 8.82. The van der Waals surface area contributed by atoms with E-state index in [4.69, 9.17) is 5.11 Å². The second-order valence-electron chi connectivity index (χ2n) is 4.17. The second-order valence-corrected chi connectivity index (χ2v) is 4.53. The molecule has 1 fully saturated rings. The van der Waals surface area contributed by atoms with Gasteiger partial charge in [-0.3, -0.25) is 4.79 Å². The predicted molar refractivity (Wildman–Crippen MR) is 60.0 cm³/mol. The molecule has 0 radical (unpaired) electrons. The maximum atomic E-state index is 11.6. The highest BCUT2D eigenvalue weighted by Crippen LogP contribution is 2.30. The average Bonchev–Trinajstić information content (AvgIpc) is 2.66. The summed E-state index contributed by atoms with van der Waals surface area (Å²) >= 11 is 4.02. The average molecular weight is 231 g/mol. The Morgan fingerprint density at radius 1 is 1.47 bits per heavy atom. The van der Waals surface area contributed by atoms with Crippen molar-refractivity contribution in [1.82, 2.24) is 5.32 Å². The van der Waals surface area contributed by atoms with Gasteiger partial charge in [0.25, 0.3) is 0 Å². The number of carboxylic acids is 1. The summed E-state index contributed by atoms with van der Waals surface area (Å²) < 4.78 is 0. The molecular weight excluding hydrogens is 214 g/mol. The van der Waals surface area contributed by atoms with E-state index in [-0.39, 0.29) is 11.8 Å². The molecule has 2 N–H and O–H groups in total. The minimum absolute atomic E-state index is 0.214. The number of carbonyl (C=O) groups is 2. The van der Waals surface area contributed by atoms with Crippen molar-refractivity contribution in [3.05, 3.63) is 0 Å². The zero-order chi connectivity index (χ0) is 11.5. The fourth-order valence-corrected chi connectivity index (χ4v) is 1.98. The minimum Gasteiger partial charge on any atom is -0.480 e. The Morgan fingerprint density at radius 3 is 2.40 bits per heavy atom. The monoisotopic (exact) mass is 231 g/mol. The van der Waals surface area contributed by atoms with Crippen LogP contribution in [0.25, 0.3) is 0 Å². The Morgan fingerprint density at radius 2 is 2.00 bits per heavy atom. The smallest absolute Gasteiger partial charge is 0.329 e. The van der Waals surface area contributed by atoms with E-state index in [9.17, 15) is 9.59 Å². The molecule has 0 aromatic rings. The maximum Gasteiger partial charge on any atom is 0.329 e. The van der Waals surface area contributed by atoms with Gasteiger partial charge >= 0.3 is 5.97 Å². The van der Waals surface area contributed by atoms with Gasteiger partial charge < -0.3 is 10.4 Å². The van der Waals surface area contributed by atoms with Gasteiger partial charge in [0.2, 0.25) is 5.91 Å². The Kier molecular flexibility index (Phi) is 4.02. The minimum atomic E-state index is -1.02. The van der Waals surface area contributed by atoms with Crippen LogP contribution in [0.5, 0.6) is 0 Å². The van der Waals surface area contributed by atoms with E-state index in [0.717, 1.165) is 12.8 Å². The molecule has 0 saturated heterocycles. The van der Waals surface area contributed by atoms with Crippen LogP contribution in [0.4, 0.5) is 0 Å². The van der Waals surface area contributed by atoms with Gasteiger partial charge in [-0.15, -0.1) is 0 Å². The van der Waals surface area contributed by atoms with E-state index >= 15 is 0 Å². The summed E-state index contributed by atoms with van der Waals surface area (Å²) in [5.41, 5.74) is -1.02. The van der Waals surface area contributed by atoms with Gasteiger partial charge in [-0.1, -0.05) is 19.8 Å². The SMILES string of the molecule is CC(CS)C(=O)NC1(C(=O)O)CCCC1. The number of aliphatic carboxylic acids is 1. The highest BCUT2D eigenvalue weighted by atomic mass is 32.1. The summed E-state index contributed by atoms with van der Waals surface area (Å²) in [6.07, 6.45) is 2.80. The van der Waals surface area contributed by atoms with E-state index in [1.165, 1.54) is 0 Å². The van der Waals surface area contributed by atoms with Crippen LogP contribution in [0.2, 0.25) is 0 Å².